The van der Waals surface area contributed by atoms with E-state index in [0.717, 1.165) is 29.3 Å². The van der Waals surface area contributed by atoms with Crippen LogP contribution in [0.1, 0.15) is 52.0 Å². The molecule has 0 amide bonds. The van der Waals surface area contributed by atoms with Crippen molar-refractivity contribution in [1.82, 2.24) is 0 Å². The summed E-state index contributed by atoms with van der Waals surface area (Å²) >= 11 is -0.377. The van der Waals surface area contributed by atoms with Crippen molar-refractivity contribution in [2.45, 2.75) is 61.7 Å². The normalized spacial score (nSPS) is 14.9. The van der Waals surface area contributed by atoms with Gasteiger partial charge in [0.25, 0.3) is 0 Å². The van der Waals surface area contributed by atoms with Gasteiger partial charge in [-0.2, -0.15) is 0 Å². The van der Waals surface area contributed by atoms with Crippen LogP contribution in [0.15, 0.2) is 59.5 Å². The Hall–Kier alpha value is -0.741. The van der Waals surface area contributed by atoms with E-state index >= 15 is 0 Å². The summed E-state index contributed by atoms with van der Waals surface area (Å²) in [5.74, 6) is 0. The fourth-order valence-corrected chi connectivity index (χ4v) is 12.9. The van der Waals surface area contributed by atoms with Crippen LogP contribution < -0.4 is 4.46 Å². The molecule has 0 heterocycles. The molecule has 0 N–H and O–H groups in total. The van der Waals surface area contributed by atoms with Crippen molar-refractivity contribution in [3.63, 3.8) is 0 Å². The van der Waals surface area contributed by atoms with Gasteiger partial charge in [-0.25, -0.2) is 0 Å². The quantitative estimate of drug-likeness (QED) is 0.197. The van der Waals surface area contributed by atoms with Crippen LogP contribution in [0.4, 0.5) is 0 Å². The molecule has 0 radical (unpaired) electrons. The summed E-state index contributed by atoms with van der Waals surface area (Å²) in [5, 5.41) is 0. The molecular formula is C23H33O4PSSe. The maximum atomic E-state index is 14.3. The zero-order valence-electron chi connectivity index (χ0n) is 18.3. The summed E-state index contributed by atoms with van der Waals surface area (Å²) < 4.78 is 40.1. The number of hydrogen-bond donors (Lipinski definition) is 0. The third-order valence-electron chi connectivity index (χ3n) is 4.66. The van der Waals surface area contributed by atoms with Gasteiger partial charge in [-0.05, 0) is 0 Å². The Bertz CT molecular complexity index is 834. The molecule has 0 fully saturated rings. The second-order valence-corrected chi connectivity index (χ2v) is 15.4. The first-order chi connectivity index (χ1) is 14.4. The van der Waals surface area contributed by atoms with E-state index in [4.69, 9.17) is 9.05 Å². The third kappa shape index (κ3) is 6.16. The van der Waals surface area contributed by atoms with Crippen LogP contribution >= 0.6 is 7.60 Å². The summed E-state index contributed by atoms with van der Waals surface area (Å²) in [5.41, 5.74) is 1.10. The summed E-state index contributed by atoms with van der Waals surface area (Å²) in [7, 11) is -5.22. The van der Waals surface area contributed by atoms with Gasteiger partial charge in [0.05, 0.1) is 0 Å². The van der Waals surface area contributed by atoms with Gasteiger partial charge >= 0.3 is 191 Å². The topological polar surface area (TPSA) is 52.6 Å². The molecule has 2 rings (SSSR count). The second kappa shape index (κ2) is 12.3. The predicted octanol–water partition coefficient (Wildman–Crippen LogP) is 5.63. The maximum absolute atomic E-state index is 14.3. The molecule has 0 spiro atoms. The molecule has 0 aliphatic rings. The van der Waals surface area contributed by atoms with E-state index in [1.165, 1.54) is 0 Å². The van der Waals surface area contributed by atoms with Crippen molar-refractivity contribution in [3.05, 3.63) is 60.2 Å². The van der Waals surface area contributed by atoms with Gasteiger partial charge in [0, 0.05) is 0 Å². The van der Waals surface area contributed by atoms with E-state index < -0.39 is 21.8 Å². The molecule has 2 atom stereocenters. The van der Waals surface area contributed by atoms with Crippen LogP contribution in [0.25, 0.3) is 0 Å². The second-order valence-electron chi connectivity index (χ2n) is 7.00. The molecular weight excluding hydrogens is 482 g/mol. The van der Waals surface area contributed by atoms with Crippen LogP contribution in [0.3, 0.4) is 0 Å². The molecule has 0 aliphatic heterocycles. The molecule has 166 valence electrons. The minimum atomic E-state index is -3.67. The summed E-state index contributed by atoms with van der Waals surface area (Å²) in [6.07, 6.45) is 3.37. The van der Waals surface area contributed by atoms with Gasteiger partial charge in [0.1, 0.15) is 0 Å². The first kappa shape index (κ1) is 25.5. The summed E-state index contributed by atoms with van der Waals surface area (Å²) in [6.45, 7) is 8.26. The standard InChI is InChI=1S/C23H33O4PSSe/c1-5-8-12-19-23(28(24,26-6-2)27-7-3,30-22-13-10-9-11-14-22)29(25)21-17-15-20(4)16-18-21/h9-11,13-18H,5-8,12,19H2,1-4H3. The van der Waals surface area contributed by atoms with Gasteiger partial charge in [0.15, 0.2) is 0 Å². The Labute approximate surface area is 190 Å². The Morgan fingerprint density at radius 3 is 2.07 bits per heavy atom. The van der Waals surface area contributed by atoms with Crippen molar-refractivity contribution in [3.8, 4) is 0 Å². The Morgan fingerprint density at radius 2 is 1.53 bits per heavy atom. The third-order valence-corrected chi connectivity index (χ3v) is 15.0. The average molecular weight is 516 g/mol. The SMILES string of the molecule is CCCCCC([Se]c1ccccc1)(S(=O)c1ccc(C)cc1)P(=O)(OCC)OCC. The number of hydrogen-bond acceptors (Lipinski definition) is 4. The van der Waals surface area contributed by atoms with Crippen molar-refractivity contribution < 1.29 is 17.8 Å². The molecule has 2 unspecified atom stereocenters. The number of unbranched alkanes of at least 4 members (excludes halogenated alkanes) is 2. The van der Waals surface area contributed by atoms with E-state index in [0.29, 0.717) is 11.3 Å². The molecule has 0 saturated carbocycles. The molecule has 7 heteroatoms. The molecule has 0 bridgehead atoms. The van der Waals surface area contributed by atoms with Crippen LogP contribution in [0.2, 0.25) is 0 Å². The van der Waals surface area contributed by atoms with Crippen molar-refractivity contribution in [2.75, 3.05) is 13.2 Å². The van der Waals surface area contributed by atoms with E-state index in [1.54, 1.807) is 0 Å². The Morgan fingerprint density at radius 1 is 0.933 bits per heavy atom. The van der Waals surface area contributed by atoms with Crippen molar-refractivity contribution in [1.29, 1.82) is 0 Å². The first-order valence-electron chi connectivity index (χ1n) is 10.5. The van der Waals surface area contributed by atoms with Crippen LogP contribution in [0.5, 0.6) is 0 Å². The molecule has 0 aromatic heterocycles. The summed E-state index contributed by atoms with van der Waals surface area (Å²) in [6, 6.07) is 17.6. The number of rotatable bonds is 13. The van der Waals surface area contributed by atoms with Crippen molar-refractivity contribution in [2.24, 2.45) is 0 Å². The van der Waals surface area contributed by atoms with E-state index in [9.17, 15) is 8.77 Å². The molecule has 0 saturated heterocycles. The van der Waals surface area contributed by atoms with Gasteiger partial charge in [-0.15, -0.1) is 0 Å². The van der Waals surface area contributed by atoms with Gasteiger partial charge in [-0.3, -0.25) is 0 Å². The molecule has 30 heavy (non-hydrogen) atoms. The molecule has 2 aromatic rings. The predicted molar refractivity (Wildman–Crippen MR) is 127 cm³/mol. The zero-order chi connectivity index (χ0) is 22.0. The minimum absolute atomic E-state index is 0.253. The molecule has 0 aliphatic carbocycles. The number of benzene rings is 2. The van der Waals surface area contributed by atoms with Crippen LogP contribution in [-0.2, 0) is 24.4 Å². The van der Waals surface area contributed by atoms with Gasteiger partial charge in [-0.1, -0.05) is 0 Å². The van der Waals surface area contributed by atoms with Gasteiger partial charge < -0.3 is 0 Å². The average Bonchev–Trinajstić information content (AvgIpc) is 2.74. The molecule has 4 nitrogen and oxygen atoms in total. The fourth-order valence-electron chi connectivity index (χ4n) is 3.17. The van der Waals surface area contributed by atoms with Crippen LogP contribution in [-0.4, -0.2) is 35.8 Å². The first-order valence-corrected chi connectivity index (χ1v) is 14.9. The van der Waals surface area contributed by atoms with Gasteiger partial charge in [0.2, 0.25) is 0 Å². The number of aryl methyl sites for hydroxylation is 1. The van der Waals surface area contributed by atoms with E-state index in [-0.39, 0.29) is 28.2 Å². The van der Waals surface area contributed by atoms with E-state index in [2.05, 4.69) is 6.92 Å². The Balaban J connectivity index is 2.66. The molecule has 2 aromatic carbocycles. The zero-order valence-corrected chi connectivity index (χ0v) is 21.8. The monoisotopic (exact) mass is 516 g/mol. The summed E-state index contributed by atoms with van der Waals surface area (Å²) in [4.78, 5) is 0.675. The fraction of sp³-hybridized carbons (Fsp3) is 0.478. The van der Waals surface area contributed by atoms with Crippen LogP contribution in [0, 0.1) is 6.92 Å². The van der Waals surface area contributed by atoms with Crippen molar-refractivity contribution >= 4 is 37.8 Å². The van der Waals surface area contributed by atoms with E-state index in [1.807, 2.05) is 75.4 Å². The Kier molecular flexibility index (Phi) is 10.5.